The number of amides is 1. The molecule has 1 aromatic carbocycles. The van der Waals surface area contributed by atoms with Gasteiger partial charge in [0.2, 0.25) is 0 Å². The molecule has 0 radical (unpaired) electrons. The molecule has 1 aromatic rings. The summed E-state index contributed by atoms with van der Waals surface area (Å²) in [6, 6.07) is 4.69. The largest absolute Gasteiger partial charge is 0.478 e. The average Bonchev–Trinajstić information content (AvgIpc) is 2.37. The Labute approximate surface area is 126 Å². The summed E-state index contributed by atoms with van der Waals surface area (Å²) in [7, 11) is 0. The Morgan fingerprint density at radius 3 is 2.10 bits per heavy atom. The summed E-state index contributed by atoms with van der Waals surface area (Å²) in [6.07, 6.45) is 2.51. The van der Waals surface area contributed by atoms with Crippen molar-refractivity contribution in [1.29, 1.82) is 0 Å². The molecule has 0 bridgehead atoms. The van der Waals surface area contributed by atoms with Gasteiger partial charge in [0, 0.05) is 26.9 Å². The molecule has 0 heterocycles. The van der Waals surface area contributed by atoms with E-state index in [-0.39, 0.29) is 5.57 Å². The van der Waals surface area contributed by atoms with Crippen molar-refractivity contribution >= 4 is 40.8 Å². The fraction of sp³-hybridized carbons (Fsp3) is 0.286. The van der Waals surface area contributed by atoms with Crippen molar-refractivity contribution in [3.63, 3.8) is 0 Å². The van der Waals surface area contributed by atoms with E-state index < -0.39 is 11.9 Å². The van der Waals surface area contributed by atoms with Crippen LogP contribution in [-0.4, -0.2) is 17.0 Å². The molecule has 1 aliphatic carbocycles. The lowest BCUT2D eigenvalue weighted by Crippen LogP contribution is -2.21. The molecule has 2 N–H and O–H groups in total. The minimum atomic E-state index is -1.03. The molecule has 2 rings (SSSR count). The third-order valence-electron chi connectivity index (χ3n) is 3.12. The van der Waals surface area contributed by atoms with Crippen molar-refractivity contribution in [1.82, 2.24) is 0 Å². The van der Waals surface area contributed by atoms with Crippen molar-refractivity contribution in [2.24, 2.45) is 0 Å². The van der Waals surface area contributed by atoms with Gasteiger partial charge in [-0.15, -0.1) is 0 Å². The number of carbonyl (C=O) groups is 2. The summed E-state index contributed by atoms with van der Waals surface area (Å²) in [5, 5.41) is 12.6. The fourth-order valence-corrected chi connectivity index (χ4v) is 2.75. The maximum Gasteiger partial charge on any atom is 0.332 e. The summed E-state index contributed by atoms with van der Waals surface area (Å²) < 4.78 is 0. The number of nitrogens with one attached hydrogen (secondary N) is 1. The van der Waals surface area contributed by atoms with Gasteiger partial charge in [0.25, 0.3) is 5.91 Å². The number of carbonyl (C=O) groups excluding carboxylic acids is 1. The lowest BCUT2D eigenvalue weighted by Gasteiger charge is -2.17. The quantitative estimate of drug-likeness (QED) is 0.889. The standard InChI is InChI=1S/C14H13Cl2NO3/c15-8-5-9(16)7-10(6-8)17-13(18)11-3-1-2-4-12(11)14(19)20/h5-7H,1-4H2,(H,17,18)(H,19,20). The van der Waals surface area contributed by atoms with Crippen molar-refractivity contribution in [3.05, 3.63) is 39.4 Å². The number of rotatable bonds is 3. The van der Waals surface area contributed by atoms with E-state index in [0.717, 1.165) is 12.8 Å². The number of hydrogen-bond donors (Lipinski definition) is 2. The Balaban J connectivity index is 2.24. The molecule has 0 saturated carbocycles. The van der Waals surface area contributed by atoms with E-state index in [9.17, 15) is 9.59 Å². The van der Waals surface area contributed by atoms with Gasteiger partial charge in [-0.3, -0.25) is 4.79 Å². The Morgan fingerprint density at radius 1 is 1.00 bits per heavy atom. The van der Waals surface area contributed by atoms with Gasteiger partial charge in [0.1, 0.15) is 0 Å². The highest BCUT2D eigenvalue weighted by Crippen LogP contribution is 2.27. The van der Waals surface area contributed by atoms with E-state index in [2.05, 4.69) is 5.32 Å². The van der Waals surface area contributed by atoms with E-state index >= 15 is 0 Å². The van der Waals surface area contributed by atoms with Gasteiger partial charge in [-0.2, -0.15) is 0 Å². The predicted molar refractivity (Wildman–Crippen MR) is 78.2 cm³/mol. The van der Waals surface area contributed by atoms with E-state index in [0.29, 0.717) is 34.1 Å². The molecular weight excluding hydrogens is 301 g/mol. The van der Waals surface area contributed by atoms with Gasteiger partial charge >= 0.3 is 5.97 Å². The highest BCUT2D eigenvalue weighted by molar-refractivity contribution is 6.35. The van der Waals surface area contributed by atoms with E-state index in [4.69, 9.17) is 28.3 Å². The third kappa shape index (κ3) is 3.52. The molecule has 0 spiro atoms. The molecule has 0 aliphatic heterocycles. The minimum absolute atomic E-state index is 0.196. The van der Waals surface area contributed by atoms with Crippen LogP contribution in [-0.2, 0) is 9.59 Å². The molecule has 0 aromatic heterocycles. The van der Waals surface area contributed by atoms with Crippen LogP contribution in [0.3, 0.4) is 0 Å². The highest BCUT2D eigenvalue weighted by atomic mass is 35.5. The number of benzene rings is 1. The van der Waals surface area contributed by atoms with Crippen molar-refractivity contribution in [2.75, 3.05) is 5.32 Å². The monoisotopic (exact) mass is 313 g/mol. The van der Waals surface area contributed by atoms with E-state index in [1.165, 1.54) is 0 Å². The van der Waals surface area contributed by atoms with Gasteiger partial charge in [-0.1, -0.05) is 23.2 Å². The molecule has 1 amide bonds. The second-order valence-corrected chi connectivity index (χ2v) is 5.45. The number of carboxylic acid groups (broad SMARTS) is 1. The molecule has 6 heteroatoms. The normalized spacial score (nSPS) is 15.1. The first-order chi connectivity index (χ1) is 9.47. The van der Waals surface area contributed by atoms with Crippen molar-refractivity contribution in [3.8, 4) is 0 Å². The SMILES string of the molecule is O=C(O)C1=C(C(=O)Nc2cc(Cl)cc(Cl)c2)CCCC1. The number of aliphatic carboxylic acids is 1. The number of halogens is 2. The minimum Gasteiger partial charge on any atom is -0.478 e. The fourth-order valence-electron chi connectivity index (χ4n) is 2.22. The van der Waals surface area contributed by atoms with Crippen LogP contribution in [0.1, 0.15) is 25.7 Å². The number of anilines is 1. The molecule has 106 valence electrons. The van der Waals surface area contributed by atoms with Gasteiger partial charge in [0.15, 0.2) is 0 Å². The molecule has 1 aliphatic rings. The molecule has 0 unspecified atom stereocenters. The third-order valence-corrected chi connectivity index (χ3v) is 3.56. The van der Waals surface area contributed by atoms with Gasteiger partial charge < -0.3 is 10.4 Å². The molecule has 0 atom stereocenters. The van der Waals surface area contributed by atoms with Crippen LogP contribution in [0, 0.1) is 0 Å². The van der Waals surface area contributed by atoms with E-state index in [1.54, 1.807) is 18.2 Å². The predicted octanol–water partition coefficient (Wildman–Crippen LogP) is 3.89. The van der Waals surface area contributed by atoms with Gasteiger partial charge in [-0.05, 0) is 43.9 Å². The zero-order valence-corrected chi connectivity index (χ0v) is 12.1. The van der Waals surface area contributed by atoms with E-state index in [1.807, 2.05) is 0 Å². The smallest absolute Gasteiger partial charge is 0.332 e. The van der Waals surface area contributed by atoms with Crippen LogP contribution >= 0.6 is 23.2 Å². The van der Waals surface area contributed by atoms with Crippen LogP contribution in [0.5, 0.6) is 0 Å². The van der Waals surface area contributed by atoms with Crippen LogP contribution in [0.15, 0.2) is 29.3 Å². The Morgan fingerprint density at radius 2 is 1.55 bits per heavy atom. The zero-order valence-electron chi connectivity index (χ0n) is 10.6. The lowest BCUT2D eigenvalue weighted by molar-refractivity contribution is -0.133. The summed E-state index contributed by atoms with van der Waals surface area (Å²) in [5.41, 5.74) is 0.983. The van der Waals surface area contributed by atoms with Crippen molar-refractivity contribution in [2.45, 2.75) is 25.7 Å². The van der Waals surface area contributed by atoms with Crippen LogP contribution < -0.4 is 5.32 Å². The second-order valence-electron chi connectivity index (χ2n) is 4.58. The Bertz CT molecular complexity index is 576. The van der Waals surface area contributed by atoms with Gasteiger partial charge in [0.05, 0.1) is 0 Å². The molecule has 0 saturated heterocycles. The van der Waals surface area contributed by atoms with Crippen LogP contribution in [0.2, 0.25) is 10.0 Å². The summed E-state index contributed by atoms with van der Waals surface area (Å²) in [6.45, 7) is 0. The summed E-state index contributed by atoms with van der Waals surface area (Å²) in [5.74, 6) is -1.43. The average molecular weight is 314 g/mol. The number of hydrogen-bond acceptors (Lipinski definition) is 2. The maximum absolute atomic E-state index is 12.2. The first kappa shape index (κ1) is 14.9. The lowest BCUT2D eigenvalue weighted by atomic mass is 9.91. The topological polar surface area (TPSA) is 66.4 Å². The van der Waals surface area contributed by atoms with Crippen LogP contribution in [0.25, 0.3) is 0 Å². The Hall–Kier alpha value is -1.52. The zero-order chi connectivity index (χ0) is 14.7. The molecule has 4 nitrogen and oxygen atoms in total. The van der Waals surface area contributed by atoms with Crippen LogP contribution in [0.4, 0.5) is 5.69 Å². The first-order valence-electron chi connectivity index (χ1n) is 6.20. The van der Waals surface area contributed by atoms with Gasteiger partial charge in [-0.25, -0.2) is 4.79 Å². The number of carboxylic acids is 1. The highest BCUT2D eigenvalue weighted by Gasteiger charge is 2.23. The summed E-state index contributed by atoms with van der Waals surface area (Å²) in [4.78, 5) is 23.3. The Kier molecular flexibility index (Phi) is 4.68. The second kappa shape index (κ2) is 6.29. The molecule has 20 heavy (non-hydrogen) atoms. The summed E-state index contributed by atoms with van der Waals surface area (Å²) >= 11 is 11.7. The van der Waals surface area contributed by atoms with Crippen molar-refractivity contribution < 1.29 is 14.7 Å². The molecule has 0 fully saturated rings. The first-order valence-corrected chi connectivity index (χ1v) is 6.95. The molecular formula is C14H13Cl2NO3. The maximum atomic E-state index is 12.2.